The van der Waals surface area contributed by atoms with Crippen LogP contribution in [0.15, 0.2) is 29.2 Å². The van der Waals surface area contributed by atoms with Crippen molar-refractivity contribution in [1.82, 2.24) is 10.6 Å². The Balaban J connectivity index is 2.34. The van der Waals surface area contributed by atoms with Gasteiger partial charge in [0.2, 0.25) is 5.91 Å². The molecule has 110 valence electrons. The monoisotopic (exact) mass is 297 g/mol. The summed E-state index contributed by atoms with van der Waals surface area (Å²) in [7, 11) is 1.54. The summed E-state index contributed by atoms with van der Waals surface area (Å²) in [6, 6.07) is 7.14. The molecule has 0 aliphatic carbocycles. The Hall–Kier alpha value is -1.73. The minimum absolute atomic E-state index is 0.0370. The van der Waals surface area contributed by atoms with E-state index in [0.717, 1.165) is 10.6 Å². The lowest BCUT2D eigenvalue weighted by Crippen LogP contribution is -2.43. The Morgan fingerprint density at radius 1 is 1.30 bits per heavy atom. The van der Waals surface area contributed by atoms with Crippen LogP contribution >= 0.6 is 11.8 Å². The average Bonchev–Trinajstić information content (AvgIpc) is 2.45. The predicted octanol–water partition coefficient (Wildman–Crippen LogP) is 1.29. The van der Waals surface area contributed by atoms with Gasteiger partial charge in [-0.05, 0) is 18.4 Å². The number of carbonyl (C=O) groups excluding carboxylic acids is 2. The number of amides is 3. The number of thioether (sulfide) groups is 1. The van der Waals surface area contributed by atoms with Gasteiger partial charge >= 0.3 is 6.03 Å². The van der Waals surface area contributed by atoms with Crippen LogP contribution in [0.2, 0.25) is 0 Å². The lowest BCUT2D eigenvalue weighted by Gasteiger charge is -2.10. The van der Waals surface area contributed by atoms with E-state index in [2.05, 4.69) is 16.0 Å². The predicted molar refractivity (Wildman–Crippen MR) is 80.1 cm³/mol. The maximum atomic E-state index is 11.6. The number of nitrogens with one attached hydrogen (secondary N) is 3. The second-order valence-corrected chi connectivity index (χ2v) is 4.70. The van der Waals surface area contributed by atoms with Gasteiger partial charge in [0.05, 0.1) is 13.2 Å². The van der Waals surface area contributed by atoms with E-state index < -0.39 is 11.9 Å². The van der Waals surface area contributed by atoms with Crippen molar-refractivity contribution in [2.75, 3.05) is 38.4 Å². The molecule has 6 nitrogen and oxygen atoms in total. The molecule has 0 heterocycles. The van der Waals surface area contributed by atoms with Gasteiger partial charge < -0.3 is 15.4 Å². The van der Waals surface area contributed by atoms with Gasteiger partial charge in [-0.25, -0.2) is 4.79 Å². The van der Waals surface area contributed by atoms with Crippen molar-refractivity contribution in [3.63, 3.8) is 0 Å². The Morgan fingerprint density at radius 3 is 2.75 bits per heavy atom. The van der Waals surface area contributed by atoms with Crippen molar-refractivity contribution in [3.05, 3.63) is 24.3 Å². The molecule has 1 rings (SSSR count). The van der Waals surface area contributed by atoms with Crippen molar-refractivity contribution in [1.29, 1.82) is 0 Å². The SMILES string of the molecule is COCCNC(=O)NC(=O)CNc1ccccc1SC. The van der Waals surface area contributed by atoms with Crippen LogP contribution in [0, 0.1) is 0 Å². The van der Waals surface area contributed by atoms with Crippen molar-refractivity contribution in [3.8, 4) is 0 Å². The zero-order valence-electron chi connectivity index (χ0n) is 11.6. The van der Waals surface area contributed by atoms with Gasteiger partial charge in [0.15, 0.2) is 0 Å². The Labute approximate surface area is 122 Å². The molecule has 0 fully saturated rings. The standard InChI is InChI=1S/C13H19N3O3S/c1-19-8-7-14-13(18)16-12(17)9-15-10-5-3-4-6-11(10)20-2/h3-6,15H,7-9H2,1-2H3,(H2,14,16,17,18). The number of para-hydroxylation sites is 1. The zero-order chi connectivity index (χ0) is 14.8. The molecule has 0 atom stereocenters. The normalized spacial score (nSPS) is 9.90. The molecule has 0 saturated heterocycles. The second kappa shape index (κ2) is 9.22. The highest BCUT2D eigenvalue weighted by atomic mass is 32.2. The number of rotatable bonds is 7. The number of ether oxygens (including phenoxy) is 1. The fraction of sp³-hybridized carbons (Fsp3) is 0.385. The third-order valence-corrected chi connectivity index (χ3v) is 3.19. The first kappa shape index (κ1) is 16.3. The van der Waals surface area contributed by atoms with E-state index in [1.165, 1.54) is 7.11 Å². The summed E-state index contributed by atoms with van der Waals surface area (Å²) in [5.41, 5.74) is 0.870. The van der Waals surface area contributed by atoms with Crippen LogP contribution in [0.1, 0.15) is 0 Å². The zero-order valence-corrected chi connectivity index (χ0v) is 12.4. The minimum Gasteiger partial charge on any atom is -0.383 e. The topological polar surface area (TPSA) is 79.5 Å². The van der Waals surface area contributed by atoms with Gasteiger partial charge in [-0.15, -0.1) is 11.8 Å². The summed E-state index contributed by atoms with van der Waals surface area (Å²) in [5.74, 6) is -0.393. The third kappa shape index (κ3) is 5.94. The number of benzene rings is 1. The summed E-state index contributed by atoms with van der Waals surface area (Å²) in [6.45, 7) is 0.800. The van der Waals surface area contributed by atoms with Gasteiger partial charge in [-0.1, -0.05) is 12.1 Å². The number of hydrogen-bond donors (Lipinski definition) is 3. The Kier molecular flexibility index (Phi) is 7.52. The van der Waals surface area contributed by atoms with Crippen LogP contribution in [0.4, 0.5) is 10.5 Å². The van der Waals surface area contributed by atoms with E-state index in [0.29, 0.717) is 13.2 Å². The number of hydrogen-bond acceptors (Lipinski definition) is 5. The number of imide groups is 1. The molecule has 0 aliphatic rings. The van der Waals surface area contributed by atoms with Gasteiger partial charge in [0.1, 0.15) is 0 Å². The van der Waals surface area contributed by atoms with Crippen LogP contribution in [0.3, 0.4) is 0 Å². The molecule has 20 heavy (non-hydrogen) atoms. The summed E-state index contributed by atoms with van der Waals surface area (Å²) >= 11 is 1.59. The van der Waals surface area contributed by atoms with E-state index >= 15 is 0 Å². The molecule has 7 heteroatoms. The highest BCUT2D eigenvalue weighted by Gasteiger charge is 2.07. The molecular formula is C13H19N3O3S. The molecule has 0 aromatic heterocycles. The van der Waals surface area contributed by atoms with Crippen LogP contribution in [0.5, 0.6) is 0 Å². The molecule has 3 amide bonds. The molecule has 0 spiro atoms. The van der Waals surface area contributed by atoms with E-state index in [1.807, 2.05) is 30.5 Å². The fourth-order valence-corrected chi connectivity index (χ4v) is 2.02. The molecule has 0 saturated carbocycles. The van der Waals surface area contributed by atoms with Gasteiger partial charge in [0, 0.05) is 24.2 Å². The maximum Gasteiger partial charge on any atom is 0.321 e. The first-order valence-corrected chi connectivity index (χ1v) is 7.33. The molecule has 0 radical (unpaired) electrons. The first-order chi connectivity index (χ1) is 9.67. The fourth-order valence-electron chi connectivity index (χ4n) is 1.45. The lowest BCUT2D eigenvalue weighted by molar-refractivity contribution is -0.118. The van der Waals surface area contributed by atoms with E-state index in [4.69, 9.17) is 4.74 Å². The molecule has 1 aromatic rings. The van der Waals surface area contributed by atoms with Crippen molar-refractivity contribution >= 4 is 29.4 Å². The van der Waals surface area contributed by atoms with Crippen molar-refractivity contribution in [2.45, 2.75) is 4.90 Å². The van der Waals surface area contributed by atoms with E-state index in [9.17, 15) is 9.59 Å². The van der Waals surface area contributed by atoms with Crippen LogP contribution in [-0.4, -0.2) is 45.0 Å². The van der Waals surface area contributed by atoms with Crippen LogP contribution in [0.25, 0.3) is 0 Å². The third-order valence-electron chi connectivity index (χ3n) is 2.39. The molecule has 0 unspecified atom stereocenters. The number of urea groups is 1. The van der Waals surface area contributed by atoms with Crippen LogP contribution < -0.4 is 16.0 Å². The lowest BCUT2D eigenvalue weighted by atomic mass is 10.3. The van der Waals surface area contributed by atoms with Crippen LogP contribution in [-0.2, 0) is 9.53 Å². The van der Waals surface area contributed by atoms with Gasteiger partial charge in [-0.2, -0.15) is 0 Å². The van der Waals surface area contributed by atoms with Crippen molar-refractivity contribution < 1.29 is 14.3 Å². The number of anilines is 1. The molecule has 0 bridgehead atoms. The second-order valence-electron chi connectivity index (χ2n) is 3.85. The minimum atomic E-state index is -0.521. The summed E-state index contributed by atoms with van der Waals surface area (Å²) in [5, 5.41) is 7.74. The average molecular weight is 297 g/mol. The molecular weight excluding hydrogens is 278 g/mol. The van der Waals surface area contributed by atoms with Crippen molar-refractivity contribution in [2.24, 2.45) is 0 Å². The highest BCUT2D eigenvalue weighted by Crippen LogP contribution is 2.24. The first-order valence-electron chi connectivity index (χ1n) is 6.11. The van der Waals surface area contributed by atoms with Gasteiger partial charge in [-0.3, -0.25) is 10.1 Å². The quantitative estimate of drug-likeness (QED) is 0.522. The summed E-state index contributed by atoms with van der Waals surface area (Å²) in [6.07, 6.45) is 1.96. The maximum absolute atomic E-state index is 11.6. The number of methoxy groups -OCH3 is 1. The smallest absolute Gasteiger partial charge is 0.321 e. The Morgan fingerprint density at radius 2 is 2.05 bits per heavy atom. The Bertz CT molecular complexity index is 454. The molecule has 3 N–H and O–H groups in total. The highest BCUT2D eigenvalue weighted by molar-refractivity contribution is 7.98. The van der Waals surface area contributed by atoms with E-state index in [1.54, 1.807) is 11.8 Å². The molecule has 1 aromatic carbocycles. The summed E-state index contributed by atoms with van der Waals surface area (Å²) < 4.78 is 4.79. The largest absolute Gasteiger partial charge is 0.383 e. The summed E-state index contributed by atoms with van der Waals surface area (Å²) in [4.78, 5) is 24.0. The number of carbonyl (C=O) groups is 2. The van der Waals surface area contributed by atoms with Gasteiger partial charge in [0.25, 0.3) is 0 Å². The molecule has 0 aliphatic heterocycles. The van der Waals surface area contributed by atoms with E-state index in [-0.39, 0.29) is 6.54 Å².